The zero-order valence-corrected chi connectivity index (χ0v) is 17.0. The Morgan fingerprint density at radius 1 is 1.11 bits per heavy atom. The number of carbonyl (C=O) groups is 2. The molecule has 7 heteroatoms. The fourth-order valence-corrected chi connectivity index (χ4v) is 4.14. The number of thiazole rings is 1. The Morgan fingerprint density at radius 2 is 1.85 bits per heavy atom. The highest BCUT2D eigenvalue weighted by Gasteiger charge is 2.12. The first-order chi connectivity index (χ1) is 12.9. The van der Waals surface area contributed by atoms with Crippen molar-refractivity contribution < 1.29 is 9.59 Å². The molecule has 2 heterocycles. The van der Waals surface area contributed by atoms with Crippen LogP contribution in [-0.2, 0) is 11.3 Å². The molecule has 3 rings (SSSR count). The summed E-state index contributed by atoms with van der Waals surface area (Å²) >= 11 is 2.97. The third-order valence-electron chi connectivity index (χ3n) is 3.99. The molecule has 2 amide bonds. The molecule has 0 bridgehead atoms. The van der Waals surface area contributed by atoms with Crippen molar-refractivity contribution in [1.29, 1.82) is 0 Å². The van der Waals surface area contributed by atoms with Crippen LogP contribution < -0.4 is 10.6 Å². The van der Waals surface area contributed by atoms with Gasteiger partial charge in [-0.2, -0.15) is 0 Å². The van der Waals surface area contributed by atoms with Gasteiger partial charge in [-0.25, -0.2) is 4.98 Å². The van der Waals surface area contributed by atoms with E-state index in [4.69, 9.17) is 0 Å². The summed E-state index contributed by atoms with van der Waals surface area (Å²) in [6.45, 7) is 6.26. The van der Waals surface area contributed by atoms with Crippen LogP contribution >= 0.6 is 22.7 Å². The Kier molecular flexibility index (Phi) is 6.03. The Balaban J connectivity index is 1.65. The average Bonchev–Trinajstić information content (AvgIpc) is 3.29. The minimum Gasteiger partial charge on any atom is -0.351 e. The zero-order valence-electron chi connectivity index (χ0n) is 15.4. The molecule has 0 saturated heterocycles. The van der Waals surface area contributed by atoms with Gasteiger partial charge in [0, 0.05) is 22.7 Å². The van der Waals surface area contributed by atoms with Crippen molar-refractivity contribution in [1.82, 2.24) is 10.3 Å². The molecule has 0 radical (unpaired) electrons. The zero-order chi connectivity index (χ0) is 19.4. The quantitative estimate of drug-likeness (QED) is 0.620. The van der Waals surface area contributed by atoms with Gasteiger partial charge in [0.1, 0.15) is 0 Å². The van der Waals surface area contributed by atoms with Crippen molar-refractivity contribution in [2.24, 2.45) is 0 Å². The maximum Gasteiger partial charge on any atom is 0.257 e. The number of aromatic nitrogens is 1. The van der Waals surface area contributed by atoms with Crippen LogP contribution in [0.2, 0.25) is 0 Å². The summed E-state index contributed by atoms with van der Waals surface area (Å²) in [5, 5.41) is 8.13. The molecule has 5 nitrogen and oxygen atoms in total. The Hall–Kier alpha value is -2.51. The van der Waals surface area contributed by atoms with Gasteiger partial charge in [-0.15, -0.1) is 22.7 Å². The number of hydrogen-bond acceptors (Lipinski definition) is 5. The van der Waals surface area contributed by atoms with Gasteiger partial charge in [-0.05, 0) is 35.7 Å². The Morgan fingerprint density at radius 3 is 2.52 bits per heavy atom. The summed E-state index contributed by atoms with van der Waals surface area (Å²) < 4.78 is 0. The minimum atomic E-state index is -0.163. The van der Waals surface area contributed by atoms with E-state index < -0.39 is 0 Å². The summed E-state index contributed by atoms with van der Waals surface area (Å²) in [5.74, 6) is 0.221. The highest BCUT2D eigenvalue weighted by molar-refractivity contribution is 7.17. The van der Waals surface area contributed by atoms with Gasteiger partial charge in [0.15, 0.2) is 5.13 Å². The summed E-state index contributed by atoms with van der Waals surface area (Å²) in [6.07, 6.45) is 0. The topological polar surface area (TPSA) is 71.1 Å². The monoisotopic (exact) mass is 399 g/mol. The molecule has 2 aromatic heterocycles. The van der Waals surface area contributed by atoms with Gasteiger partial charge < -0.3 is 5.32 Å². The standard InChI is InChI=1S/C20H21N3O2S2/c1-12(2)14-4-6-15(7-5-14)19(25)23-20-22-17(11-26-20)18-9-8-16(27-18)10-21-13(3)24/h4-9,11-12H,10H2,1-3H3,(H,21,24)(H,22,23,25). The van der Waals surface area contributed by atoms with Crippen LogP contribution in [0.25, 0.3) is 10.6 Å². The number of anilines is 1. The number of carbonyl (C=O) groups excluding carboxylic acids is 2. The highest BCUT2D eigenvalue weighted by Crippen LogP contribution is 2.31. The molecule has 140 valence electrons. The Labute approximate surface area is 166 Å². The lowest BCUT2D eigenvalue weighted by Crippen LogP contribution is -2.17. The lowest BCUT2D eigenvalue weighted by molar-refractivity contribution is -0.119. The van der Waals surface area contributed by atoms with E-state index in [2.05, 4.69) is 29.5 Å². The van der Waals surface area contributed by atoms with Crippen LogP contribution in [-0.4, -0.2) is 16.8 Å². The van der Waals surface area contributed by atoms with Crippen LogP contribution in [0, 0.1) is 0 Å². The molecule has 27 heavy (non-hydrogen) atoms. The summed E-state index contributed by atoms with van der Waals surface area (Å²) in [5.41, 5.74) is 2.64. The number of thiophene rings is 1. The van der Waals surface area contributed by atoms with Crippen LogP contribution in [0.5, 0.6) is 0 Å². The van der Waals surface area contributed by atoms with Crippen LogP contribution in [0.15, 0.2) is 41.8 Å². The van der Waals surface area contributed by atoms with Crippen LogP contribution in [0.4, 0.5) is 5.13 Å². The second-order valence-electron chi connectivity index (χ2n) is 6.44. The average molecular weight is 400 g/mol. The van der Waals surface area contributed by atoms with E-state index in [0.717, 1.165) is 15.4 Å². The van der Waals surface area contributed by atoms with E-state index in [1.807, 2.05) is 41.8 Å². The minimum absolute atomic E-state index is 0.0509. The first kappa shape index (κ1) is 19.3. The van der Waals surface area contributed by atoms with Gasteiger partial charge in [0.25, 0.3) is 5.91 Å². The van der Waals surface area contributed by atoms with E-state index in [9.17, 15) is 9.59 Å². The Bertz CT molecular complexity index is 942. The van der Waals surface area contributed by atoms with Gasteiger partial charge in [0.2, 0.25) is 5.91 Å². The van der Waals surface area contributed by atoms with Gasteiger partial charge in [0.05, 0.1) is 17.1 Å². The number of amides is 2. The normalized spacial score (nSPS) is 10.8. The number of nitrogens with zero attached hydrogens (tertiary/aromatic N) is 1. The lowest BCUT2D eigenvalue weighted by Gasteiger charge is -2.06. The van der Waals surface area contributed by atoms with Crippen LogP contribution in [0.3, 0.4) is 0 Å². The van der Waals surface area contributed by atoms with E-state index in [1.165, 1.54) is 23.8 Å². The maximum absolute atomic E-state index is 12.4. The van der Waals surface area contributed by atoms with Crippen molar-refractivity contribution in [2.75, 3.05) is 5.32 Å². The van der Waals surface area contributed by atoms with E-state index in [-0.39, 0.29) is 11.8 Å². The van der Waals surface area contributed by atoms with Crippen molar-refractivity contribution in [3.8, 4) is 10.6 Å². The number of rotatable bonds is 6. The molecule has 0 aliphatic carbocycles. The second kappa shape index (κ2) is 8.45. The van der Waals surface area contributed by atoms with Gasteiger partial charge >= 0.3 is 0 Å². The molecular weight excluding hydrogens is 378 g/mol. The maximum atomic E-state index is 12.4. The van der Waals surface area contributed by atoms with E-state index in [0.29, 0.717) is 23.2 Å². The molecule has 0 saturated carbocycles. The molecule has 0 spiro atoms. The fraction of sp³-hybridized carbons (Fsp3) is 0.250. The molecule has 3 aromatic rings. The SMILES string of the molecule is CC(=O)NCc1ccc(-c2csc(NC(=O)c3ccc(C(C)C)cc3)n2)s1. The number of benzene rings is 1. The van der Waals surface area contributed by atoms with Crippen molar-refractivity contribution in [2.45, 2.75) is 33.2 Å². The van der Waals surface area contributed by atoms with Crippen molar-refractivity contribution in [3.05, 3.63) is 57.8 Å². The van der Waals surface area contributed by atoms with Crippen LogP contribution in [0.1, 0.15) is 47.5 Å². The predicted molar refractivity (Wildman–Crippen MR) is 111 cm³/mol. The van der Waals surface area contributed by atoms with Gasteiger partial charge in [-0.3, -0.25) is 14.9 Å². The van der Waals surface area contributed by atoms with Crippen molar-refractivity contribution >= 4 is 39.6 Å². The fourth-order valence-electron chi connectivity index (χ4n) is 2.46. The third kappa shape index (κ3) is 5.02. The molecule has 0 unspecified atom stereocenters. The summed E-state index contributed by atoms with van der Waals surface area (Å²) in [6, 6.07) is 11.6. The molecular formula is C20H21N3O2S2. The van der Waals surface area contributed by atoms with E-state index >= 15 is 0 Å². The molecule has 1 aromatic carbocycles. The second-order valence-corrected chi connectivity index (χ2v) is 8.47. The summed E-state index contributed by atoms with van der Waals surface area (Å²) in [7, 11) is 0. The molecule has 0 aliphatic rings. The smallest absolute Gasteiger partial charge is 0.257 e. The first-order valence-electron chi connectivity index (χ1n) is 8.62. The predicted octanol–water partition coefficient (Wildman–Crippen LogP) is 4.88. The molecule has 0 atom stereocenters. The highest BCUT2D eigenvalue weighted by atomic mass is 32.1. The van der Waals surface area contributed by atoms with Crippen molar-refractivity contribution in [3.63, 3.8) is 0 Å². The van der Waals surface area contributed by atoms with Gasteiger partial charge in [-0.1, -0.05) is 26.0 Å². The molecule has 2 N–H and O–H groups in total. The van der Waals surface area contributed by atoms with E-state index in [1.54, 1.807) is 11.3 Å². The molecule has 0 aliphatic heterocycles. The molecule has 0 fully saturated rings. The number of hydrogen-bond donors (Lipinski definition) is 2. The first-order valence-corrected chi connectivity index (χ1v) is 10.3. The summed E-state index contributed by atoms with van der Waals surface area (Å²) in [4.78, 5) is 30.0. The third-order valence-corrected chi connectivity index (χ3v) is 5.86. The lowest BCUT2D eigenvalue weighted by atomic mass is 10.0. The number of nitrogens with one attached hydrogen (secondary N) is 2. The largest absolute Gasteiger partial charge is 0.351 e.